The number of thiazole rings is 1. The van der Waals surface area contributed by atoms with Gasteiger partial charge in [0.05, 0.1) is 47.5 Å². The van der Waals surface area contributed by atoms with Crippen LogP contribution in [0.3, 0.4) is 0 Å². The molecule has 0 unspecified atom stereocenters. The molecule has 2 aromatic carbocycles. The predicted molar refractivity (Wildman–Crippen MR) is 256 cm³/mol. The minimum absolute atomic E-state index is 0.0311. The molecule has 1 saturated heterocycles. The van der Waals surface area contributed by atoms with Crippen LogP contribution in [0, 0.1) is 27.7 Å². The van der Waals surface area contributed by atoms with Crippen molar-refractivity contribution in [2.24, 2.45) is 4.99 Å². The summed E-state index contributed by atoms with van der Waals surface area (Å²) < 4.78 is 7.08. The maximum absolute atomic E-state index is 14.2. The lowest BCUT2D eigenvalue weighted by Crippen LogP contribution is -2.59. The molecule has 0 bridgehead atoms. The Balaban J connectivity index is 0.907. The van der Waals surface area contributed by atoms with Gasteiger partial charge in [0.25, 0.3) is 0 Å². The Bertz CT molecular complexity index is 2570. The van der Waals surface area contributed by atoms with E-state index in [1.807, 2.05) is 86.3 Å². The van der Waals surface area contributed by atoms with E-state index in [0.717, 1.165) is 54.0 Å². The van der Waals surface area contributed by atoms with Gasteiger partial charge < -0.3 is 30.7 Å². The van der Waals surface area contributed by atoms with Gasteiger partial charge in [0, 0.05) is 64.5 Å². The van der Waals surface area contributed by atoms with Crippen LogP contribution in [0.5, 0.6) is 0 Å². The van der Waals surface area contributed by atoms with Crippen molar-refractivity contribution in [3.05, 3.63) is 104 Å². The number of hydrogen-bond acceptors (Lipinski definition) is 13. The van der Waals surface area contributed by atoms with Gasteiger partial charge in [-0.2, -0.15) is 11.8 Å². The second-order valence-corrected chi connectivity index (χ2v) is 21.0. The van der Waals surface area contributed by atoms with Gasteiger partial charge in [0.15, 0.2) is 5.82 Å². The summed E-state index contributed by atoms with van der Waals surface area (Å²) in [6.45, 7) is 14.1. The average Bonchev–Trinajstić information content (AvgIpc) is 4.04. The highest BCUT2D eigenvalue weighted by Crippen LogP contribution is 2.40. The van der Waals surface area contributed by atoms with Crippen molar-refractivity contribution in [2.45, 2.75) is 96.8 Å². The van der Waals surface area contributed by atoms with E-state index in [4.69, 9.17) is 21.3 Å². The quantitative estimate of drug-likeness (QED) is 0.0798. The summed E-state index contributed by atoms with van der Waals surface area (Å²) in [5.74, 6) is 0.336. The standard InChI is InChI=1S/C46H54ClN9O6S3/c1-25-27(3)65-45-38(25)39(31-12-14-33(47)15-13-31)52-35(42-54-53-28(4)56(42)45)21-37(59)48-16-17-62-18-19-64-46(6,7)41(51-29(5)57)44(61)55-23-34(58)20-36(55)43(60)49-22-30-8-10-32(11-9-30)40-26(2)50-24-63-40/h8-15,24,34-36,41,58H,16-23H2,1-7H3,(H,48,59)(H,49,60)(H,51,57)/t34-,35+,36+,41+/m1/s1. The van der Waals surface area contributed by atoms with Gasteiger partial charge >= 0.3 is 0 Å². The number of ether oxygens (including phenoxy) is 1. The molecule has 4 atom stereocenters. The third-order valence-corrected chi connectivity index (χ3v) is 15.4. The summed E-state index contributed by atoms with van der Waals surface area (Å²) in [7, 11) is 0. The maximum Gasteiger partial charge on any atom is 0.247 e. The number of aliphatic hydroxyl groups excluding tert-OH is 1. The molecule has 0 spiro atoms. The molecule has 2 aliphatic heterocycles. The number of β-amino-alcohol motifs (C(OH)–C–C–N with tert-alkyl or cyclic N) is 1. The van der Waals surface area contributed by atoms with Crippen molar-refractivity contribution >= 4 is 75.4 Å². The number of aryl methyl sites for hydroxylation is 3. The largest absolute Gasteiger partial charge is 0.391 e. The summed E-state index contributed by atoms with van der Waals surface area (Å²) in [5, 5.41) is 29.8. The molecule has 3 aromatic heterocycles. The third-order valence-electron chi connectivity index (χ3n) is 11.6. The van der Waals surface area contributed by atoms with Crippen molar-refractivity contribution in [1.82, 2.24) is 40.6 Å². The zero-order valence-corrected chi connectivity index (χ0v) is 40.6. The number of fused-ring (bicyclic) bond motifs is 3. The van der Waals surface area contributed by atoms with Crippen LogP contribution in [0.15, 0.2) is 59.0 Å². The van der Waals surface area contributed by atoms with Gasteiger partial charge in [-0.05, 0) is 70.4 Å². The van der Waals surface area contributed by atoms with E-state index in [1.165, 1.54) is 23.6 Å². The van der Waals surface area contributed by atoms with Gasteiger partial charge in [-0.3, -0.25) is 28.7 Å². The molecule has 4 amide bonds. The number of aromatic nitrogens is 4. The zero-order valence-electron chi connectivity index (χ0n) is 37.4. The Labute approximate surface area is 395 Å². The molecule has 15 nitrogen and oxygen atoms in total. The molecular weight excluding hydrogens is 906 g/mol. The number of rotatable bonds is 17. The highest BCUT2D eigenvalue weighted by atomic mass is 35.5. The number of carbonyl (C=O) groups excluding carboxylic acids is 4. The van der Waals surface area contributed by atoms with E-state index in [2.05, 4.69) is 45.0 Å². The fraction of sp³-hybridized carbons (Fsp3) is 0.435. The van der Waals surface area contributed by atoms with E-state index in [0.29, 0.717) is 29.0 Å². The highest BCUT2D eigenvalue weighted by molar-refractivity contribution is 8.00. The number of nitrogens with one attached hydrogen (secondary N) is 3. The van der Waals surface area contributed by atoms with E-state index < -0.39 is 40.8 Å². The van der Waals surface area contributed by atoms with E-state index in [9.17, 15) is 24.3 Å². The highest BCUT2D eigenvalue weighted by Gasteiger charge is 2.46. The molecule has 0 aliphatic carbocycles. The molecule has 1 fully saturated rings. The molecule has 0 radical (unpaired) electrons. The summed E-state index contributed by atoms with van der Waals surface area (Å²) in [6, 6.07) is 12.9. The average molecular weight is 961 g/mol. The van der Waals surface area contributed by atoms with Crippen LogP contribution in [0.1, 0.15) is 84.1 Å². The normalized spacial score (nSPS) is 17.5. The first kappa shape index (κ1) is 48.0. The second kappa shape index (κ2) is 20.7. The summed E-state index contributed by atoms with van der Waals surface area (Å²) >= 11 is 10.9. The van der Waals surface area contributed by atoms with Crippen molar-refractivity contribution < 1.29 is 29.0 Å². The molecule has 65 heavy (non-hydrogen) atoms. The van der Waals surface area contributed by atoms with Crippen LogP contribution in [-0.4, -0.2) is 114 Å². The molecule has 5 aromatic rings. The number of amides is 4. The number of nitrogens with zero attached hydrogens (tertiary/aromatic N) is 6. The first-order valence-electron chi connectivity index (χ1n) is 21.4. The fourth-order valence-corrected chi connectivity index (χ4v) is 11.3. The third kappa shape index (κ3) is 11.0. The molecule has 19 heteroatoms. The predicted octanol–water partition coefficient (Wildman–Crippen LogP) is 6.05. The van der Waals surface area contributed by atoms with Gasteiger partial charge in [-0.1, -0.05) is 48.0 Å². The SMILES string of the molecule is CC(=O)N[C@@H](C(=O)N1C[C@H](O)C[C@H]1C(=O)NCc1ccc(-c2scnc2C)cc1)C(C)(C)SCCOCCNC(=O)C[C@@H]1N=C(c2ccc(Cl)cc2)c2c(sc(C)c2C)-n2c(C)nnc21. The number of thiophene rings is 1. The molecule has 5 heterocycles. The minimum atomic E-state index is -0.993. The molecule has 4 N–H and O–H groups in total. The summed E-state index contributed by atoms with van der Waals surface area (Å²) in [4.78, 5) is 66.7. The second-order valence-electron chi connectivity index (χ2n) is 16.7. The van der Waals surface area contributed by atoms with Crippen LogP contribution in [-0.2, 0) is 30.5 Å². The molecule has 7 rings (SSSR count). The first-order chi connectivity index (χ1) is 31.0. The van der Waals surface area contributed by atoms with Crippen LogP contribution < -0.4 is 16.0 Å². The van der Waals surface area contributed by atoms with Crippen LogP contribution >= 0.6 is 46.0 Å². The number of benzene rings is 2. The molecule has 0 saturated carbocycles. The fourth-order valence-electron chi connectivity index (χ4n) is 8.06. The molecular formula is C46H54ClN9O6S3. The lowest BCUT2D eigenvalue weighted by molar-refractivity contribution is -0.142. The van der Waals surface area contributed by atoms with Crippen molar-refractivity contribution in [1.29, 1.82) is 0 Å². The monoisotopic (exact) mass is 959 g/mol. The Kier molecular flexibility index (Phi) is 15.3. The number of carbonyl (C=O) groups is 4. The number of aliphatic imine (C=N–C) groups is 1. The van der Waals surface area contributed by atoms with E-state index in [1.54, 1.807) is 22.7 Å². The summed E-state index contributed by atoms with van der Waals surface area (Å²) in [5.41, 5.74) is 8.45. The number of likely N-dealkylation sites (tertiary alicyclic amines) is 1. The molecule has 344 valence electrons. The van der Waals surface area contributed by atoms with Crippen LogP contribution in [0.4, 0.5) is 0 Å². The van der Waals surface area contributed by atoms with Gasteiger partial charge in [0.1, 0.15) is 29.0 Å². The Morgan fingerprint density at radius 2 is 1.72 bits per heavy atom. The topological polar surface area (TPSA) is 193 Å². The van der Waals surface area contributed by atoms with Gasteiger partial charge in [-0.15, -0.1) is 32.9 Å². The maximum atomic E-state index is 14.2. The number of aliphatic hydroxyl groups is 1. The molecule has 2 aliphatic rings. The number of hydrogen-bond donors (Lipinski definition) is 4. The van der Waals surface area contributed by atoms with E-state index in [-0.39, 0.29) is 50.9 Å². The van der Waals surface area contributed by atoms with Crippen molar-refractivity contribution in [3.63, 3.8) is 0 Å². The summed E-state index contributed by atoms with van der Waals surface area (Å²) in [6.07, 6.45) is -0.761. The van der Waals surface area contributed by atoms with Crippen molar-refractivity contribution in [3.8, 4) is 15.4 Å². The minimum Gasteiger partial charge on any atom is -0.391 e. The first-order valence-corrected chi connectivity index (χ1v) is 24.5. The Morgan fingerprint density at radius 1 is 1.00 bits per heavy atom. The Hall–Kier alpha value is -4.98. The lowest BCUT2D eigenvalue weighted by Gasteiger charge is -2.37. The van der Waals surface area contributed by atoms with E-state index >= 15 is 0 Å². The Morgan fingerprint density at radius 3 is 2.42 bits per heavy atom. The zero-order chi connectivity index (χ0) is 46.6. The number of thioether (sulfide) groups is 1. The van der Waals surface area contributed by atoms with Crippen molar-refractivity contribution in [2.75, 3.05) is 32.1 Å². The van der Waals surface area contributed by atoms with Crippen LogP contribution in [0.2, 0.25) is 5.02 Å². The number of halogens is 1. The smallest absolute Gasteiger partial charge is 0.247 e. The van der Waals surface area contributed by atoms with Crippen LogP contribution in [0.25, 0.3) is 15.4 Å². The van der Waals surface area contributed by atoms with Gasteiger partial charge in [0.2, 0.25) is 23.6 Å². The van der Waals surface area contributed by atoms with Gasteiger partial charge in [-0.25, -0.2) is 4.98 Å². The lowest BCUT2D eigenvalue weighted by atomic mass is 9.99.